The number of carbonyl (C=O) groups excluding carboxylic acids is 1. The third-order valence-corrected chi connectivity index (χ3v) is 8.73. The second kappa shape index (κ2) is 10.4. The Kier molecular flexibility index (Phi) is 6.75. The van der Waals surface area contributed by atoms with Crippen molar-refractivity contribution in [2.45, 2.75) is 13.8 Å². The number of nitrogen functional groups attached to an aromatic ring is 1. The average molecular weight is 553 g/mol. The van der Waals surface area contributed by atoms with Gasteiger partial charge in [-0.1, -0.05) is 77.8 Å². The van der Waals surface area contributed by atoms with Crippen LogP contribution in [-0.2, 0) is 0 Å². The smallest absolute Gasteiger partial charge is 0.266 e. The highest BCUT2D eigenvalue weighted by Crippen LogP contribution is 2.42. The van der Waals surface area contributed by atoms with Gasteiger partial charge < -0.3 is 15.5 Å². The molecular formula is C32H29ClN4OS. The van der Waals surface area contributed by atoms with E-state index in [-0.39, 0.29) is 5.91 Å². The molecule has 0 aliphatic carbocycles. The highest BCUT2D eigenvalue weighted by molar-refractivity contribution is 7.21. The van der Waals surface area contributed by atoms with Gasteiger partial charge in [0, 0.05) is 47.8 Å². The molecule has 3 aromatic carbocycles. The van der Waals surface area contributed by atoms with Crippen LogP contribution in [0.4, 0.5) is 11.4 Å². The predicted molar refractivity (Wildman–Crippen MR) is 164 cm³/mol. The predicted octanol–water partition coefficient (Wildman–Crippen LogP) is 7.45. The summed E-state index contributed by atoms with van der Waals surface area (Å²) in [7, 11) is 0. The molecule has 1 aliphatic heterocycles. The first-order valence-corrected chi connectivity index (χ1v) is 14.2. The molecule has 5 aromatic rings. The quantitative estimate of drug-likeness (QED) is 0.251. The molecule has 0 unspecified atom stereocenters. The Morgan fingerprint density at radius 3 is 2.33 bits per heavy atom. The zero-order valence-corrected chi connectivity index (χ0v) is 23.5. The van der Waals surface area contributed by atoms with Crippen molar-refractivity contribution in [1.29, 1.82) is 0 Å². The Morgan fingerprint density at radius 2 is 1.62 bits per heavy atom. The number of benzene rings is 3. The first-order valence-electron chi connectivity index (χ1n) is 13.0. The minimum Gasteiger partial charge on any atom is -0.397 e. The average Bonchev–Trinajstić information content (AvgIpc) is 3.30. The molecular weight excluding hydrogens is 524 g/mol. The first kappa shape index (κ1) is 25.4. The van der Waals surface area contributed by atoms with Crippen molar-refractivity contribution in [2.24, 2.45) is 0 Å². The van der Waals surface area contributed by atoms with Crippen molar-refractivity contribution in [2.75, 3.05) is 36.8 Å². The summed E-state index contributed by atoms with van der Waals surface area (Å²) in [6, 6.07) is 26.6. The van der Waals surface area contributed by atoms with Crippen LogP contribution >= 0.6 is 22.9 Å². The zero-order chi connectivity index (χ0) is 27.1. The van der Waals surface area contributed by atoms with Crippen LogP contribution in [0, 0.1) is 13.8 Å². The summed E-state index contributed by atoms with van der Waals surface area (Å²) < 4.78 is 0. The molecule has 0 bridgehead atoms. The number of rotatable bonds is 4. The van der Waals surface area contributed by atoms with Gasteiger partial charge in [0.25, 0.3) is 5.91 Å². The van der Waals surface area contributed by atoms with Gasteiger partial charge in [0.1, 0.15) is 9.71 Å². The number of thiophene rings is 1. The summed E-state index contributed by atoms with van der Waals surface area (Å²) in [4.78, 5) is 24.3. The summed E-state index contributed by atoms with van der Waals surface area (Å²) >= 11 is 7.65. The molecule has 0 atom stereocenters. The number of hydrogen-bond donors (Lipinski definition) is 1. The number of anilines is 2. The van der Waals surface area contributed by atoms with Crippen molar-refractivity contribution >= 4 is 50.4 Å². The molecule has 1 amide bonds. The van der Waals surface area contributed by atoms with Gasteiger partial charge in [0.15, 0.2) is 0 Å². The largest absolute Gasteiger partial charge is 0.397 e. The number of carbonyl (C=O) groups is 1. The van der Waals surface area contributed by atoms with Crippen LogP contribution in [-0.4, -0.2) is 42.0 Å². The van der Waals surface area contributed by atoms with Crippen LogP contribution in [0.2, 0.25) is 5.02 Å². The molecule has 0 saturated carbocycles. The fourth-order valence-corrected chi connectivity index (χ4v) is 6.47. The molecule has 1 saturated heterocycles. The SMILES string of the molecule is Cc1ccc(-c2cc(-c3ccccc3)nc3sc(C(=O)N4CCN(c5cc(Cl)ccc5C)CC4)c(N)c23)cc1. The van der Waals surface area contributed by atoms with E-state index in [2.05, 4.69) is 61.2 Å². The second-order valence-corrected chi connectivity index (χ2v) is 11.5. The Bertz CT molecular complexity index is 1670. The van der Waals surface area contributed by atoms with Gasteiger partial charge in [-0.2, -0.15) is 0 Å². The lowest BCUT2D eigenvalue weighted by Crippen LogP contribution is -2.49. The molecule has 1 fully saturated rings. The topological polar surface area (TPSA) is 62.5 Å². The number of aryl methyl sites for hydroxylation is 2. The van der Waals surface area contributed by atoms with Gasteiger partial charge in [-0.15, -0.1) is 11.3 Å². The van der Waals surface area contributed by atoms with Crippen molar-refractivity contribution in [3.05, 3.63) is 99.9 Å². The Hall–Kier alpha value is -3.87. The third-order valence-electron chi connectivity index (χ3n) is 7.40. The van der Waals surface area contributed by atoms with Crippen molar-refractivity contribution in [3.8, 4) is 22.4 Å². The van der Waals surface area contributed by atoms with Crippen molar-refractivity contribution in [3.63, 3.8) is 0 Å². The normalized spacial score (nSPS) is 13.7. The van der Waals surface area contributed by atoms with Crippen LogP contribution in [0.5, 0.6) is 0 Å². The van der Waals surface area contributed by atoms with E-state index in [0.717, 1.165) is 56.4 Å². The van der Waals surface area contributed by atoms with Gasteiger partial charge in [-0.25, -0.2) is 4.98 Å². The summed E-state index contributed by atoms with van der Waals surface area (Å²) in [6.45, 7) is 6.87. The minimum atomic E-state index is -0.0333. The number of hydrogen-bond acceptors (Lipinski definition) is 5. The lowest BCUT2D eigenvalue weighted by Gasteiger charge is -2.36. The molecule has 1 aliphatic rings. The molecule has 2 N–H and O–H groups in total. The molecule has 196 valence electrons. The highest BCUT2D eigenvalue weighted by Gasteiger charge is 2.28. The lowest BCUT2D eigenvalue weighted by atomic mass is 9.98. The van der Waals surface area contributed by atoms with E-state index in [0.29, 0.717) is 23.7 Å². The van der Waals surface area contributed by atoms with E-state index in [9.17, 15) is 4.79 Å². The Morgan fingerprint density at radius 1 is 0.897 bits per heavy atom. The van der Waals surface area contributed by atoms with E-state index in [1.54, 1.807) is 0 Å². The molecule has 7 heteroatoms. The zero-order valence-electron chi connectivity index (χ0n) is 21.9. The minimum absolute atomic E-state index is 0.0333. The first-order chi connectivity index (χ1) is 18.9. The maximum Gasteiger partial charge on any atom is 0.266 e. The van der Waals surface area contributed by atoms with E-state index in [4.69, 9.17) is 22.3 Å². The monoisotopic (exact) mass is 552 g/mol. The molecule has 39 heavy (non-hydrogen) atoms. The summed E-state index contributed by atoms with van der Waals surface area (Å²) in [5.41, 5.74) is 14.7. The van der Waals surface area contributed by atoms with E-state index < -0.39 is 0 Å². The molecule has 2 aromatic heterocycles. The van der Waals surface area contributed by atoms with E-state index in [1.807, 2.05) is 41.3 Å². The van der Waals surface area contributed by atoms with E-state index in [1.165, 1.54) is 22.5 Å². The summed E-state index contributed by atoms with van der Waals surface area (Å²) in [5, 5.41) is 1.57. The standard InChI is InChI=1S/C32H29ClN4OS/c1-20-8-11-22(12-9-20)25-19-26(23-6-4-3-5-7-23)35-31-28(25)29(34)30(39-31)32(38)37-16-14-36(15-17-37)27-18-24(33)13-10-21(27)2/h3-13,18-19H,14-17,34H2,1-2H3. The van der Waals surface area contributed by atoms with Gasteiger partial charge in [-0.3, -0.25) is 4.79 Å². The van der Waals surface area contributed by atoms with E-state index >= 15 is 0 Å². The van der Waals surface area contributed by atoms with Gasteiger partial charge in [-0.05, 0) is 48.7 Å². The van der Waals surface area contributed by atoms with Crippen LogP contribution in [0.3, 0.4) is 0 Å². The third kappa shape index (κ3) is 4.86. The number of pyridine rings is 1. The van der Waals surface area contributed by atoms with Crippen LogP contribution < -0.4 is 10.6 Å². The highest BCUT2D eigenvalue weighted by atomic mass is 35.5. The number of amides is 1. The summed E-state index contributed by atoms with van der Waals surface area (Å²) in [5.74, 6) is -0.0333. The molecule has 3 heterocycles. The maximum absolute atomic E-state index is 13.8. The van der Waals surface area contributed by atoms with Gasteiger partial charge in [0.2, 0.25) is 0 Å². The number of nitrogens with two attached hydrogens (primary N) is 1. The molecule has 0 spiro atoms. The maximum atomic E-state index is 13.8. The summed E-state index contributed by atoms with van der Waals surface area (Å²) in [6.07, 6.45) is 0. The Balaban J connectivity index is 1.36. The van der Waals surface area contributed by atoms with Crippen molar-refractivity contribution in [1.82, 2.24) is 9.88 Å². The van der Waals surface area contributed by atoms with Crippen LogP contribution in [0.1, 0.15) is 20.8 Å². The Labute approximate surface area is 237 Å². The fraction of sp³-hybridized carbons (Fsp3) is 0.188. The van der Waals surface area contributed by atoms with Gasteiger partial charge in [0.05, 0.1) is 11.4 Å². The number of halogens is 1. The number of nitrogens with zero attached hydrogens (tertiary/aromatic N) is 3. The van der Waals surface area contributed by atoms with Gasteiger partial charge >= 0.3 is 0 Å². The molecule has 5 nitrogen and oxygen atoms in total. The van der Waals surface area contributed by atoms with Crippen molar-refractivity contribution < 1.29 is 4.79 Å². The molecule has 0 radical (unpaired) electrons. The lowest BCUT2D eigenvalue weighted by molar-refractivity contribution is 0.0752. The molecule has 6 rings (SSSR count). The number of aromatic nitrogens is 1. The van der Waals surface area contributed by atoms with Crippen LogP contribution in [0.25, 0.3) is 32.6 Å². The van der Waals surface area contributed by atoms with Crippen LogP contribution in [0.15, 0.2) is 78.9 Å². The number of piperazine rings is 1. The second-order valence-electron chi connectivity index (χ2n) is 10.0. The fourth-order valence-electron chi connectivity index (χ4n) is 5.21. The number of fused-ring (bicyclic) bond motifs is 1.